The number of nitrogens with one attached hydrogen (secondary N) is 3. The van der Waals surface area contributed by atoms with Gasteiger partial charge in [0.1, 0.15) is 18.4 Å². The fourth-order valence-electron chi connectivity index (χ4n) is 4.50. The van der Waals surface area contributed by atoms with E-state index in [0.717, 1.165) is 23.5 Å². The van der Waals surface area contributed by atoms with Crippen molar-refractivity contribution < 1.29 is 18.0 Å². The Bertz CT molecular complexity index is 1530. The van der Waals surface area contributed by atoms with E-state index in [1.807, 2.05) is 11.4 Å². The first-order valence-electron chi connectivity index (χ1n) is 12.0. The van der Waals surface area contributed by atoms with Crippen molar-refractivity contribution in [3.05, 3.63) is 59.8 Å². The number of hydrogen-bond donors (Lipinski definition) is 4. The average Bonchev–Trinajstić information content (AvgIpc) is 3.43. The van der Waals surface area contributed by atoms with Gasteiger partial charge in [-0.1, -0.05) is 39.0 Å². The molecular formula is C26H27F3N8O. The molecule has 12 heteroatoms. The van der Waals surface area contributed by atoms with Crippen LogP contribution >= 0.6 is 0 Å². The third kappa shape index (κ3) is 5.06. The molecule has 3 heterocycles. The molecule has 1 aliphatic rings. The van der Waals surface area contributed by atoms with E-state index in [-0.39, 0.29) is 16.8 Å². The van der Waals surface area contributed by atoms with Gasteiger partial charge < -0.3 is 21.4 Å². The number of fused-ring (bicyclic) bond motifs is 2. The van der Waals surface area contributed by atoms with Gasteiger partial charge in [-0.2, -0.15) is 18.3 Å². The van der Waals surface area contributed by atoms with Gasteiger partial charge in [0.05, 0.1) is 11.3 Å². The summed E-state index contributed by atoms with van der Waals surface area (Å²) >= 11 is 0. The predicted octanol–water partition coefficient (Wildman–Crippen LogP) is 4.97. The minimum atomic E-state index is -4.55. The summed E-state index contributed by atoms with van der Waals surface area (Å²) in [7, 11) is 0. The Balaban J connectivity index is 1.42. The molecule has 0 aliphatic heterocycles. The van der Waals surface area contributed by atoms with Gasteiger partial charge in [-0.15, -0.1) is 0 Å². The lowest BCUT2D eigenvalue weighted by atomic mass is 9.76. The van der Waals surface area contributed by atoms with Crippen LogP contribution in [0.15, 0.2) is 42.9 Å². The fourth-order valence-corrected chi connectivity index (χ4v) is 4.50. The van der Waals surface area contributed by atoms with E-state index in [0.29, 0.717) is 28.5 Å². The first-order valence-corrected chi connectivity index (χ1v) is 12.0. The summed E-state index contributed by atoms with van der Waals surface area (Å²) in [5, 5.41) is 9.22. The number of nitrogens with zero attached hydrogens (tertiary/aromatic N) is 4. The number of H-pyrrole nitrogens is 1. The molecule has 1 aliphatic carbocycles. The number of anilines is 3. The SMILES string of the molecule is CC(C)(C)C1C=Cc2nc(Nc3ccc(-c4c(C(=O)NCC(F)(F)F)cn5ncnc(N)c45)cc3)[nH]c2C1. The molecule has 4 aromatic rings. The number of amides is 1. The number of alkyl halides is 3. The van der Waals surface area contributed by atoms with Crippen LogP contribution in [0.25, 0.3) is 22.7 Å². The number of carbonyl (C=O) groups excluding carboxylic acids is 1. The van der Waals surface area contributed by atoms with Gasteiger partial charge in [0.15, 0.2) is 5.82 Å². The van der Waals surface area contributed by atoms with Gasteiger partial charge in [0, 0.05) is 23.1 Å². The van der Waals surface area contributed by atoms with E-state index in [1.165, 1.54) is 17.0 Å². The zero-order valence-corrected chi connectivity index (χ0v) is 21.0. The smallest absolute Gasteiger partial charge is 0.382 e. The Morgan fingerprint density at radius 1 is 1.21 bits per heavy atom. The van der Waals surface area contributed by atoms with Crippen LogP contribution in [0.2, 0.25) is 0 Å². The van der Waals surface area contributed by atoms with Crippen molar-refractivity contribution in [2.24, 2.45) is 11.3 Å². The van der Waals surface area contributed by atoms with E-state index in [9.17, 15) is 18.0 Å². The van der Waals surface area contributed by atoms with Crippen molar-refractivity contribution >= 4 is 35.0 Å². The number of nitrogens with two attached hydrogens (primary N) is 1. The molecule has 5 N–H and O–H groups in total. The minimum absolute atomic E-state index is 0.000980. The lowest BCUT2D eigenvalue weighted by Gasteiger charge is -2.29. The standard InChI is InChI=1S/C26H27F3N8O/c1-25(2,3)15-6-9-18-19(10-15)36-24(35-18)34-16-7-4-14(5-8-16)20-17(23(38)31-12-26(27,28)29)11-37-21(20)22(30)32-13-33-37/h4-9,11,13,15H,10,12H2,1-3H3,(H,31,38)(H2,30,32,33)(H2,34,35,36). The zero-order chi connectivity index (χ0) is 27.2. The molecule has 0 fully saturated rings. The summed E-state index contributed by atoms with van der Waals surface area (Å²) < 4.78 is 39.5. The molecular weight excluding hydrogens is 497 g/mol. The predicted molar refractivity (Wildman–Crippen MR) is 139 cm³/mol. The van der Waals surface area contributed by atoms with Crippen LogP contribution in [0.5, 0.6) is 0 Å². The first kappa shape index (κ1) is 25.3. The average molecular weight is 525 g/mol. The quantitative estimate of drug-likeness (QED) is 0.292. The first-order chi connectivity index (χ1) is 17.9. The largest absolute Gasteiger partial charge is 0.405 e. The molecule has 0 saturated heterocycles. The fraction of sp³-hybridized carbons (Fsp3) is 0.308. The third-order valence-corrected chi connectivity index (χ3v) is 6.57. The lowest BCUT2D eigenvalue weighted by Crippen LogP contribution is -2.33. The molecule has 38 heavy (non-hydrogen) atoms. The Hall–Kier alpha value is -4.35. The van der Waals surface area contributed by atoms with Crippen LogP contribution in [0.3, 0.4) is 0 Å². The maximum absolute atomic E-state index is 12.7. The summed E-state index contributed by atoms with van der Waals surface area (Å²) in [6.45, 7) is 5.18. The molecule has 1 atom stereocenters. The number of allylic oxidation sites excluding steroid dienone is 1. The van der Waals surface area contributed by atoms with Gasteiger partial charge >= 0.3 is 6.18 Å². The molecule has 9 nitrogen and oxygen atoms in total. The van der Waals surface area contributed by atoms with E-state index >= 15 is 0 Å². The normalized spacial score (nSPS) is 15.5. The molecule has 0 bridgehead atoms. The van der Waals surface area contributed by atoms with E-state index in [2.05, 4.69) is 52.2 Å². The number of nitrogen functional groups attached to an aromatic ring is 1. The van der Waals surface area contributed by atoms with Crippen LogP contribution in [0, 0.1) is 11.3 Å². The number of benzene rings is 1. The summed E-state index contributed by atoms with van der Waals surface area (Å²) in [4.78, 5) is 24.7. The van der Waals surface area contributed by atoms with Gasteiger partial charge in [0.2, 0.25) is 5.95 Å². The van der Waals surface area contributed by atoms with E-state index < -0.39 is 18.6 Å². The van der Waals surface area contributed by atoms with Gasteiger partial charge in [-0.05, 0) is 41.5 Å². The summed E-state index contributed by atoms with van der Waals surface area (Å²) in [5.41, 5.74) is 10.1. The van der Waals surface area contributed by atoms with Crippen molar-refractivity contribution in [3.63, 3.8) is 0 Å². The second-order valence-electron chi connectivity index (χ2n) is 10.3. The second kappa shape index (κ2) is 9.19. The maximum Gasteiger partial charge on any atom is 0.405 e. The Labute approximate surface area is 216 Å². The summed E-state index contributed by atoms with van der Waals surface area (Å²) in [6.07, 6.45) is 3.10. The van der Waals surface area contributed by atoms with Crippen molar-refractivity contribution in [2.75, 3.05) is 17.6 Å². The van der Waals surface area contributed by atoms with Crippen LogP contribution in [-0.2, 0) is 6.42 Å². The molecule has 1 unspecified atom stereocenters. The number of imidazole rings is 1. The van der Waals surface area contributed by atoms with Crippen molar-refractivity contribution in [1.82, 2.24) is 29.9 Å². The zero-order valence-electron chi connectivity index (χ0n) is 21.0. The monoisotopic (exact) mass is 524 g/mol. The summed E-state index contributed by atoms with van der Waals surface area (Å²) in [6, 6.07) is 7.04. The van der Waals surface area contributed by atoms with Crippen molar-refractivity contribution in [1.29, 1.82) is 0 Å². The Morgan fingerprint density at radius 2 is 1.95 bits per heavy atom. The van der Waals surface area contributed by atoms with Crippen LogP contribution < -0.4 is 16.4 Å². The number of aromatic amines is 1. The molecule has 1 amide bonds. The molecule has 1 aromatic carbocycles. The van der Waals surface area contributed by atoms with E-state index in [4.69, 9.17) is 5.73 Å². The van der Waals surface area contributed by atoms with Crippen molar-refractivity contribution in [2.45, 2.75) is 33.4 Å². The minimum Gasteiger partial charge on any atom is -0.382 e. The molecule has 0 radical (unpaired) electrons. The Morgan fingerprint density at radius 3 is 2.63 bits per heavy atom. The summed E-state index contributed by atoms with van der Waals surface area (Å²) in [5.74, 6) is 0.196. The van der Waals surface area contributed by atoms with Crippen LogP contribution in [0.1, 0.15) is 42.5 Å². The highest BCUT2D eigenvalue weighted by atomic mass is 19.4. The van der Waals surface area contributed by atoms with Crippen LogP contribution in [-0.4, -0.2) is 43.2 Å². The maximum atomic E-state index is 12.7. The highest BCUT2D eigenvalue weighted by Crippen LogP contribution is 2.36. The van der Waals surface area contributed by atoms with Gasteiger partial charge in [0.25, 0.3) is 5.91 Å². The molecule has 0 spiro atoms. The number of aromatic nitrogens is 5. The lowest BCUT2D eigenvalue weighted by molar-refractivity contribution is -0.123. The number of rotatable bonds is 5. The topological polar surface area (TPSA) is 126 Å². The highest BCUT2D eigenvalue weighted by Gasteiger charge is 2.30. The number of halogens is 3. The second-order valence-corrected chi connectivity index (χ2v) is 10.3. The van der Waals surface area contributed by atoms with Gasteiger partial charge in [-0.3, -0.25) is 4.79 Å². The molecule has 3 aromatic heterocycles. The number of carbonyl (C=O) groups is 1. The van der Waals surface area contributed by atoms with Crippen LogP contribution in [0.4, 0.5) is 30.6 Å². The molecule has 0 saturated carbocycles. The van der Waals surface area contributed by atoms with Crippen molar-refractivity contribution in [3.8, 4) is 11.1 Å². The van der Waals surface area contributed by atoms with Gasteiger partial charge in [-0.25, -0.2) is 14.5 Å². The molecule has 198 valence electrons. The van der Waals surface area contributed by atoms with E-state index in [1.54, 1.807) is 24.3 Å². The molecule has 5 rings (SSSR count). The third-order valence-electron chi connectivity index (χ3n) is 6.57. The number of hydrogen-bond acceptors (Lipinski definition) is 6. The highest BCUT2D eigenvalue weighted by molar-refractivity contribution is 6.07. The Kier molecular flexibility index (Phi) is 6.12.